The predicted molar refractivity (Wildman–Crippen MR) is 293 cm³/mol. The van der Waals surface area contributed by atoms with E-state index >= 15 is 0 Å². The molecule has 6 nitrogen and oxygen atoms in total. The molecule has 12 rings (SSSR count). The molecule has 0 unspecified atom stereocenters. The number of fused-ring (bicyclic) bond motifs is 3. The van der Waals surface area contributed by atoms with Crippen molar-refractivity contribution in [2.24, 2.45) is 0 Å². The second kappa shape index (κ2) is 18.1. The van der Waals surface area contributed by atoms with Crippen molar-refractivity contribution < 1.29 is 0 Å². The van der Waals surface area contributed by atoms with Gasteiger partial charge < -0.3 is 8.96 Å². The van der Waals surface area contributed by atoms with Crippen LogP contribution in [0.5, 0.6) is 0 Å². The minimum absolute atomic E-state index is 0.0978. The Kier molecular flexibility index (Phi) is 11.4. The third-order valence-corrected chi connectivity index (χ3v) is 15.9. The maximum Gasteiger partial charge on any atom is 0.328 e. The highest BCUT2D eigenvalue weighted by atomic mass is 35.5. The fourth-order valence-corrected chi connectivity index (χ4v) is 12.7. The van der Waals surface area contributed by atoms with Gasteiger partial charge in [0.1, 0.15) is 33.3 Å². The van der Waals surface area contributed by atoms with Crippen molar-refractivity contribution in [2.75, 3.05) is 0 Å². The lowest BCUT2D eigenvalue weighted by Gasteiger charge is -2.24. The summed E-state index contributed by atoms with van der Waals surface area (Å²) >= 11 is 16.2. The van der Waals surface area contributed by atoms with Gasteiger partial charge in [-0.3, -0.25) is 0 Å². The molecule has 70 heavy (non-hydrogen) atoms. The highest BCUT2D eigenvalue weighted by molar-refractivity contribution is 7.20. The summed E-state index contributed by atoms with van der Waals surface area (Å²) in [6, 6.07) is 67.6. The number of benzene rings is 7. The molecule has 11 aromatic rings. The van der Waals surface area contributed by atoms with Crippen molar-refractivity contribution in [2.45, 2.75) is 25.7 Å². The first kappa shape index (κ1) is 43.8. The first-order valence-electron chi connectivity index (χ1n) is 23.2. The number of aromatic nitrogens is 4. The van der Waals surface area contributed by atoms with Gasteiger partial charge in [0.15, 0.2) is 0 Å². The van der Waals surface area contributed by atoms with Crippen molar-refractivity contribution in [3.8, 4) is 23.4 Å². The fourth-order valence-electron chi connectivity index (χ4n) is 10.2. The second-order valence-corrected chi connectivity index (χ2v) is 20.6. The van der Waals surface area contributed by atoms with E-state index in [2.05, 4.69) is 149 Å². The zero-order valence-electron chi connectivity index (χ0n) is 37.7. The Hall–Kier alpha value is -7.43. The van der Waals surface area contributed by atoms with Crippen LogP contribution in [-0.4, -0.2) is 32.6 Å². The number of thiazole rings is 2. The Balaban J connectivity index is 1.42. The van der Waals surface area contributed by atoms with E-state index in [4.69, 9.17) is 33.2 Å². The highest BCUT2D eigenvalue weighted by Crippen LogP contribution is 2.45. The Bertz CT molecular complexity index is 3860. The largest absolute Gasteiger partial charge is 0.378 e. The van der Waals surface area contributed by atoms with Crippen LogP contribution in [0.25, 0.3) is 53.6 Å². The normalized spacial score (nSPS) is 13.3. The van der Waals surface area contributed by atoms with E-state index in [0.29, 0.717) is 31.2 Å². The predicted octanol–water partition coefficient (Wildman–Crippen LogP) is 10.6. The van der Waals surface area contributed by atoms with E-state index in [1.807, 2.05) is 60.7 Å². The van der Waals surface area contributed by atoms with Gasteiger partial charge >= 0.3 is 13.7 Å². The number of nitriles is 2. The lowest BCUT2D eigenvalue weighted by atomic mass is 9.50. The van der Waals surface area contributed by atoms with Crippen LogP contribution in [0.4, 0.5) is 0 Å². The molecule has 332 valence electrons. The number of rotatable bonds is 10. The third-order valence-electron chi connectivity index (χ3n) is 13.4. The quantitative estimate of drug-likeness (QED) is 0.128. The molecule has 0 saturated heterocycles. The molecular formula is C58H38B2Cl2N6S2. The summed E-state index contributed by atoms with van der Waals surface area (Å²) in [6.45, 7) is 1.33. The van der Waals surface area contributed by atoms with Gasteiger partial charge in [-0.1, -0.05) is 191 Å². The molecule has 1 aliphatic rings. The maximum absolute atomic E-state index is 12.0. The maximum atomic E-state index is 12.0. The Morgan fingerprint density at radius 1 is 0.543 bits per heavy atom. The number of aryl methyl sites for hydroxylation is 1. The van der Waals surface area contributed by atoms with Crippen LogP contribution < -0.4 is 32.5 Å². The summed E-state index contributed by atoms with van der Waals surface area (Å²) in [5.74, 6) is 0.0978. The monoisotopic (exact) mass is 974 g/mol. The molecule has 0 bridgehead atoms. The smallest absolute Gasteiger partial charge is 0.328 e. The van der Waals surface area contributed by atoms with Crippen molar-refractivity contribution in [3.05, 3.63) is 224 Å². The average Bonchev–Trinajstić information content (AvgIpc) is 3.71. The van der Waals surface area contributed by atoms with Crippen molar-refractivity contribution in [1.29, 1.82) is 10.5 Å². The molecule has 4 heterocycles. The summed E-state index contributed by atoms with van der Waals surface area (Å²) in [7, 11) is 0. The molecule has 12 heteroatoms. The summed E-state index contributed by atoms with van der Waals surface area (Å²) in [5, 5.41) is 29.7. The Labute approximate surface area is 423 Å². The molecule has 1 saturated carbocycles. The van der Waals surface area contributed by atoms with Gasteiger partial charge in [0.25, 0.3) is 0 Å². The summed E-state index contributed by atoms with van der Waals surface area (Å²) in [6.07, 6.45) is 1.87. The van der Waals surface area contributed by atoms with Crippen LogP contribution in [0.15, 0.2) is 182 Å². The number of halogens is 2. The van der Waals surface area contributed by atoms with E-state index in [9.17, 15) is 10.5 Å². The molecule has 0 atom stereocenters. The fraction of sp³-hybridized carbons (Fsp3) is 0.0690. The molecule has 1 aliphatic carbocycles. The standard InChI is InChI=1S/C58H38B2Cl2N6S2/c1-36-16-14-15-25-44(36)54-52-51(55(45(34-63)57-65-47-30-28-42(61)32-49(47)69-57)68(54)60(40-21-10-4-11-22-40)41-23-12-5-13-24-41)53(37-26-27-37)67(59(38-17-6-2-7-18-38)39-19-8-3-9-20-39)56(52)46(35-64)58-66-48-31-29-43(62)33-50(48)70-58/h2-25,28-33,37H,26-27H2,1H3/b55-45-,56-46-. The van der Waals surface area contributed by atoms with E-state index in [0.717, 1.165) is 99.1 Å². The van der Waals surface area contributed by atoms with Crippen molar-refractivity contribution >= 4 is 124 Å². The van der Waals surface area contributed by atoms with Gasteiger partial charge in [-0.15, -0.1) is 22.7 Å². The van der Waals surface area contributed by atoms with Crippen LogP contribution in [-0.2, 0) is 0 Å². The van der Waals surface area contributed by atoms with Gasteiger partial charge in [0.2, 0.25) is 0 Å². The SMILES string of the molecule is Cc1ccccc1-c1c2/c(=C(\C#N)c3nc4ccc(Cl)cc4s3)n(B(c3ccccc3)c3ccccc3)c(C3CC3)c2/c(=C(\C#N)c2nc3ccc(Cl)cc3s2)n1B(c1ccccc1)c1ccccc1. The Morgan fingerprint density at radius 2 is 0.957 bits per heavy atom. The highest BCUT2D eigenvalue weighted by Gasteiger charge is 2.41. The Morgan fingerprint density at radius 3 is 1.39 bits per heavy atom. The molecule has 0 spiro atoms. The van der Waals surface area contributed by atoms with E-state index in [1.54, 1.807) is 0 Å². The van der Waals surface area contributed by atoms with Crippen LogP contribution >= 0.6 is 45.9 Å². The molecule has 0 amide bonds. The summed E-state index contributed by atoms with van der Waals surface area (Å²) in [4.78, 5) is 10.5. The first-order valence-corrected chi connectivity index (χ1v) is 25.5. The molecule has 4 aromatic heterocycles. The van der Waals surface area contributed by atoms with Crippen molar-refractivity contribution in [1.82, 2.24) is 18.9 Å². The van der Waals surface area contributed by atoms with Crippen LogP contribution in [0, 0.1) is 29.6 Å². The van der Waals surface area contributed by atoms with Crippen LogP contribution in [0.2, 0.25) is 10.0 Å². The first-order chi connectivity index (χ1) is 34.4. The lowest BCUT2D eigenvalue weighted by Crippen LogP contribution is -2.54. The van der Waals surface area contributed by atoms with E-state index < -0.39 is 6.85 Å². The average molecular weight is 976 g/mol. The second-order valence-electron chi connectivity index (χ2n) is 17.7. The number of hydrogen-bond donors (Lipinski definition) is 0. The van der Waals surface area contributed by atoms with Gasteiger partial charge in [0, 0.05) is 37.8 Å². The number of hydrogen-bond acceptors (Lipinski definition) is 6. The van der Waals surface area contributed by atoms with Gasteiger partial charge in [-0.2, -0.15) is 10.5 Å². The zero-order valence-corrected chi connectivity index (χ0v) is 40.9. The third kappa shape index (κ3) is 7.56. The van der Waals surface area contributed by atoms with Crippen LogP contribution in [0.3, 0.4) is 0 Å². The molecule has 0 radical (unpaired) electrons. The minimum Gasteiger partial charge on any atom is -0.378 e. The molecule has 0 aliphatic heterocycles. The molecular weight excluding hydrogens is 937 g/mol. The zero-order chi connectivity index (χ0) is 47.5. The molecule has 0 N–H and O–H groups in total. The van der Waals surface area contributed by atoms with E-state index in [1.165, 1.54) is 22.7 Å². The lowest BCUT2D eigenvalue weighted by molar-refractivity contribution is 0.971. The van der Waals surface area contributed by atoms with Gasteiger partial charge in [-0.05, 0) is 67.6 Å². The van der Waals surface area contributed by atoms with E-state index in [-0.39, 0.29) is 12.8 Å². The van der Waals surface area contributed by atoms with Crippen molar-refractivity contribution in [3.63, 3.8) is 0 Å². The van der Waals surface area contributed by atoms with Gasteiger partial charge in [-0.25, -0.2) is 9.97 Å². The molecule has 7 aromatic carbocycles. The minimum atomic E-state index is -0.436. The number of nitrogens with zero attached hydrogens (tertiary/aromatic N) is 6. The van der Waals surface area contributed by atoms with Gasteiger partial charge in [0.05, 0.1) is 31.1 Å². The molecule has 1 fully saturated rings. The topological polar surface area (TPSA) is 83.2 Å². The summed E-state index contributed by atoms with van der Waals surface area (Å²) < 4.78 is 6.63. The van der Waals surface area contributed by atoms with Crippen LogP contribution in [0.1, 0.15) is 40.0 Å². The summed E-state index contributed by atoms with van der Waals surface area (Å²) in [5.41, 5.74) is 10.6.